The molecular weight excluding hydrogens is 248 g/mol. The van der Waals surface area contributed by atoms with E-state index in [1.165, 1.54) is 9.13 Å². The van der Waals surface area contributed by atoms with Crippen LogP contribution in [0, 0.1) is 0 Å². The van der Waals surface area contributed by atoms with Crippen LogP contribution in [0.3, 0.4) is 0 Å². The van der Waals surface area contributed by atoms with Crippen LogP contribution in [0.25, 0.3) is 11.2 Å². The lowest BCUT2D eigenvalue weighted by molar-refractivity contribution is 0.603. The standard InChI is InChI=1S/C11H18N6O2/c1-4-15-7-8(13-10(15)14-12)16(5-2)11(19)17(6-3)9(7)18/h4-6,12H2,1-3H3,(H,13,14). The summed E-state index contributed by atoms with van der Waals surface area (Å²) in [5.41, 5.74) is 2.56. The van der Waals surface area contributed by atoms with Crippen LogP contribution < -0.4 is 22.5 Å². The molecule has 0 radical (unpaired) electrons. The van der Waals surface area contributed by atoms with Gasteiger partial charge < -0.3 is 4.57 Å². The molecule has 0 bridgehead atoms. The van der Waals surface area contributed by atoms with Gasteiger partial charge in [-0.25, -0.2) is 10.6 Å². The first-order valence-electron chi connectivity index (χ1n) is 6.31. The molecule has 0 aliphatic heterocycles. The Hall–Kier alpha value is -2.09. The summed E-state index contributed by atoms with van der Waals surface area (Å²) in [4.78, 5) is 28.8. The summed E-state index contributed by atoms with van der Waals surface area (Å²) in [5, 5.41) is 0. The normalized spacial score (nSPS) is 11.2. The second kappa shape index (κ2) is 4.88. The molecule has 0 aromatic carbocycles. The lowest BCUT2D eigenvalue weighted by Crippen LogP contribution is -2.40. The number of nitrogen functional groups attached to an aromatic ring is 1. The number of rotatable bonds is 4. The van der Waals surface area contributed by atoms with Gasteiger partial charge in [-0.15, -0.1) is 0 Å². The van der Waals surface area contributed by atoms with Crippen LogP contribution in [-0.4, -0.2) is 18.7 Å². The zero-order chi connectivity index (χ0) is 14.2. The summed E-state index contributed by atoms with van der Waals surface area (Å²) in [5.74, 6) is 5.79. The Morgan fingerprint density at radius 1 is 1.05 bits per heavy atom. The molecule has 0 unspecified atom stereocenters. The van der Waals surface area contributed by atoms with E-state index in [-0.39, 0.29) is 11.2 Å². The lowest BCUT2D eigenvalue weighted by atomic mass is 10.4. The van der Waals surface area contributed by atoms with Crippen molar-refractivity contribution in [3.63, 3.8) is 0 Å². The van der Waals surface area contributed by atoms with Crippen molar-refractivity contribution in [3.8, 4) is 0 Å². The molecule has 0 saturated carbocycles. The second-order valence-corrected chi connectivity index (χ2v) is 4.07. The maximum Gasteiger partial charge on any atom is 0.332 e. The van der Waals surface area contributed by atoms with Crippen LogP contribution >= 0.6 is 0 Å². The van der Waals surface area contributed by atoms with Crippen molar-refractivity contribution in [2.75, 3.05) is 5.43 Å². The molecule has 0 fully saturated rings. The molecule has 2 aromatic heterocycles. The topological polar surface area (TPSA) is 99.9 Å². The van der Waals surface area contributed by atoms with E-state index in [2.05, 4.69) is 10.4 Å². The van der Waals surface area contributed by atoms with Gasteiger partial charge in [-0.1, -0.05) is 0 Å². The Labute approximate surface area is 109 Å². The van der Waals surface area contributed by atoms with Crippen LogP contribution in [0.2, 0.25) is 0 Å². The summed E-state index contributed by atoms with van der Waals surface area (Å²) >= 11 is 0. The van der Waals surface area contributed by atoms with E-state index in [4.69, 9.17) is 5.84 Å². The monoisotopic (exact) mass is 266 g/mol. The molecule has 19 heavy (non-hydrogen) atoms. The molecule has 0 aliphatic rings. The largest absolute Gasteiger partial charge is 0.332 e. The number of nitrogens with two attached hydrogens (primary N) is 1. The number of imidazole rings is 1. The summed E-state index contributed by atoms with van der Waals surface area (Å²) in [6, 6.07) is 0. The smallest absolute Gasteiger partial charge is 0.304 e. The van der Waals surface area contributed by atoms with Crippen LogP contribution in [0.1, 0.15) is 20.8 Å². The fourth-order valence-corrected chi connectivity index (χ4v) is 2.27. The van der Waals surface area contributed by atoms with E-state index < -0.39 is 0 Å². The molecule has 2 aromatic rings. The van der Waals surface area contributed by atoms with Gasteiger partial charge in [0, 0.05) is 19.6 Å². The molecule has 0 saturated heterocycles. The van der Waals surface area contributed by atoms with Gasteiger partial charge in [-0.3, -0.25) is 19.4 Å². The minimum Gasteiger partial charge on any atom is -0.304 e. The molecule has 0 atom stereocenters. The van der Waals surface area contributed by atoms with Crippen molar-refractivity contribution in [3.05, 3.63) is 20.8 Å². The highest BCUT2D eigenvalue weighted by Gasteiger charge is 2.19. The SMILES string of the molecule is CCn1c(=O)c2c(nc(NN)n2CC)n(CC)c1=O. The maximum absolute atomic E-state index is 12.4. The molecular formula is C11H18N6O2. The predicted molar refractivity (Wildman–Crippen MR) is 73.1 cm³/mol. The average molecular weight is 266 g/mol. The van der Waals surface area contributed by atoms with Gasteiger partial charge in [0.2, 0.25) is 5.95 Å². The number of anilines is 1. The third-order valence-electron chi connectivity index (χ3n) is 3.19. The van der Waals surface area contributed by atoms with Crippen LogP contribution in [-0.2, 0) is 19.6 Å². The number of hydrogen-bond acceptors (Lipinski definition) is 5. The van der Waals surface area contributed by atoms with E-state index in [1.54, 1.807) is 11.5 Å². The molecule has 8 nitrogen and oxygen atoms in total. The highest BCUT2D eigenvalue weighted by molar-refractivity contribution is 5.74. The van der Waals surface area contributed by atoms with Crippen molar-refractivity contribution in [2.24, 2.45) is 5.84 Å². The van der Waals surface area contributed by atoms with Gasteiger partial charge in [-0.05, 0) is 20.8 Å². The third-order valence-corrected chi connectivity index (χ3v) is 3.19. The fraction of sp³-hybridized carbons (Fsp3) is 0.545. The number of aromatic nitrogens is 4. The first kappa shape index (κ1) is 13.3. The van der Waals surface area contributed by atoms with Gasteiger partial charge in [0.25, 0.3) is 5.56 Å². The molecule has 8 heteroatoms. The Kier molecular flexibility index (Phi) is 3.43. The van der Waals surface area contributed by atoms with Gasteiger partial charge in [0.15, 0.2) is 11.2 Å². The number of nitrogens with one attached hydrogen (secondary N) is 1. The van der Waals surface area contributed by atoms with Crippen molar-refractivity contribution < 1.29 is 0 Å². The highest BCUT2D eigenvalue weighted by Crippen LogP contribution is 2.14. The van der Waals surface area contributed by atoms with Gasteiger partial charge in [0.1, 0.15) is 0 Å². The molecule has 0 spiro atoms. The van der Waals surface area contributed by atoms with Gasteiger partial charge in [0.05, 0.1) is 0 Å². The van der Waals surface area contributed by atoms with E-state index in [9.17, 15) is 9.59 Å². The molecule has 3 N–H and O–H groups in total. The second-order valence-electron chi connectivity index (χ2n) is 4.07. The number of nitrogens with zero attached hydrogens (tertiary/aromatic N) is 4. The number of aryl methyl sites for hydroxylation is 2. The van der Waals surface area contributed by atoms with E-state index in [0.29, 0.717) is 36.7 Å². The van der Waals surface area contributed by atoms with Crippen molar-refractivity contribution in [1.29, 1.82) is 0 Å². The Balaban J connectivity index is 3.07. The quantitative estimate of drug-likeness (QED) is 0.585. The van der Waals surface area contributed by atoms with E-state index in [1.807, 2.05) is 13.8 Å². The number of hydrogen-bond donors (Lipinski definition) is 2. The first-order chi connectivity index (χ1) is 9.10. The van der Waals surface area contributed by atoms with Crippen LogP contribution in [0.15, 0.2) is 9.59 Å². The molecule has 0 aliphatic carbocycles. The Morgan fingerprint density at radius 2 is 1.63 bits per heavy atom. The van der Waals surface area contributed by atoms with Crippen molar-refractivity contribution in [1.82, 2.24) is 18.7 Å². The first-order valence-corrected chi connectivity index (χ1v) is 6.31. The summed E-state index contributed by atoms with van der Waals surface area (Å²) < 4.78 is 4.36. The minimum absolute atomic E-state index is 0.327. The fourth-order valence-electron chi connectivity index (χ4n) is 2.27. The maximum atomic E-state index is 12.4. The van der Waals surface area contributed by atoms with Gasteiger partial charge >= 0.3 is 5.69 Å². The predicted octanol–water partition coefficient (Wildman–Crippen LogP) is -0.295. The van der Waals surface area contributed by atoms with Crippen molar-refractivity contribution >= 4 is 17.1 Å². The Bertz CT molecular complexity index is 723. The zero-order valence-electron chi connectivity index (χ0n) is 11.3. The van der Waals surface area contributed by atoms with Crippen LogP contribution in [0.5, 0.6) is 0 Å². The molecule has 2 rings (SSSR count). The highest BCUT2D eigenvalue weighted by atomic mass is 16.2. The molecule has 0 amide bonds. The summed E-state index contributed by atoms with van der Waals surface area (Å²) in [6.45, 7) is 6.80. The third kappa shape index (κ3) is 1.75. The van der Waals surface area contributed by atoms with E-state index in [0.717, 1.165) is 0 Å². The zero-order valence-corrected chi connectivity index (χ0v) is 11.3. The van der Waals surface area contributed by atoms with Crippen molar-refractivity contribution in [2.45, 2.75) is 40.4 Å². The number of hydrazine groups is 1. The van der Waals surface area contributed by atoms with Gasteiger partial charge in [-0.2, -0.15) is 4.98 Å². The summed E-state index contributed by atoms with van der Waals surface area (Å²) in [7, 11) is 0. The Morgan fingerprint density at radius 3 is 2.11 bits per heavy atom. The summed E-state index contributed by atoms with van der Waals surface area (Å²) in [6.07, 6.45) is 0. The number of fused-ring (bicyclic) bond motifs is 1. The lowest BCUT2D eigenvalue weighted by Gasteiger charge is -2.09. The van der Waals surface area contributed by atoms with E-state index >= 15 is 0 Å². The molecule has 104 valence electrons. The molecule has 2 heterocycles. The average Bonchev–Trinajstić information content (AvgIpc) is 2.78. The van der Waals surface area contributed by atoms with Crippen LogP contribution in [0.4, 0.5) is 5.95 Å². The minimum atomic E-state index is -0.341.